The van der Waals surface area contributed by atoms with Gasteiger partial charge < -0.3 is 5.73 Å². The van der Waals surface area contributed by atoms with Gasteiger partial charge in [0.25, 0.3) is 0 Å². The zero-order valence-corrected chi connectivity index (χ0v) is 12.3. The van der Waals surface area contributed by atoms with Crippen LogP contribution in [0.5, 0.6) is 0 Å². The Labute approximate surface area is 120 Å². The summed E-state index contributed by atoms with van der Waals surface area (Å²) >= 11 is 0. The summed E-state index contributed by atoms with van der Waals surface area (Å²) in [5, 5.41) is 0. The number of anilines is 1. The predicted octanol–water partition coefficient (Wildman–Crippen LogP) is 0.925. The van der Waals surface area contributed by atoms with Crippen molar-refractivity contribution >= 4 is 15.7 Å². The number of nitrogens with one attached hydrogen (secondary N) is 1. The van der Waals surface area contributed by atoms with Crippen LogP contribution in [0.15, 0.2) is 24.3 Å². The Hall–Kier alpha value is -1.11. The first-order valence-corrected chi connectivity index (χ1v) is 8.77. The average Bonchev–Trinajstić information content (AvgIpc) is 2.93. The number of rotatable bonds is 4. The second kappa shape index (κ2) is 5.35. The van der Waals surface area contributed by atoms with Crippen molar-refractivity contribution in [2.24, 2.45) is 0 Å². The number of nitrogens with zero attached hydrogens (tertiary/aromatic N) is 1. The quantitative estimate of drug-likeness (QED) is 0.810. The molecule has 0 radical (unpaired) electrons. The predicted molar refractivity (Wildman–Crippen MR) is 79.6 cm³/mol. The van der Waals surface area contributed by atoms with Crippen LogP contribution in [0.25, 0.3) is 0 Å². The highest BCUT2D eigenvalue weighted by Gasteiger charge is 2.38. The number of hydrogen-bond donors (Lipinski definition) is 2. The normalized spacial score (nSPS) is 26.8. The maximum Gasteiger partial charge on any atom is 0.216 e. The lowest BCUT2D eigenvalue weighted by Crippen LogP contribution is -2.42. The summed E-state index contributed by atoms with van der Waals surface area (Å²) in [4.78, 5) is 2.40. The van der Waals surface area contributed by atoms with E-state index in [1.807, 2.05) is 0 Å². The van der Waals surface area contributed by atoms with Crippen molar-refractivity contribution in [3.8, 4) is 0 Å². The van der Waals surface area contributed by atoms with E-state index >= 15 is 0 Å². The number of nitrogens with two attached hydrogens (primary N) is 1. The van der Waals surface area contributed by atoms with Crippen LogP contribution in [0.4, 0.5) is 5.69 Å². The highest BCUT2D eigenvalue weighted by Crippen LogP contribution is 2.28. The van der Waals surface area contributed by atoms with Crippen LogP contribution in [0, 0.1) is 0 Å². The minimum absolute atomic E-state index is 0.00125. The Morgan fingerprint density at radius 2 is 2.15 bits per heavy atom. The fourth-order valence-electron chi connectivity index (χ4n) is 3.39. The minimum Gasteiger partial charge on any atom is -0.399 e. The first-order valence-electron chi connectivity index (χ1n) is 7.12. The van der Waals surface area contributed by atoms with Crippen LogP contribution in [-0.2, 0) is 15.8 Å². The van der Waals surface area contributed by atoms with Crippen molar-refractivity contribution in [1.82, 2.24) is 9.62 Å². The summed E-state index contributed by atoms with van der Waals surface area (Å²) in [5.74, 6) is 0.00125. The summed E-state index contributed by atoms with van der Waals surface area (Å²) in [7, 11) is -3.31. The highest BCUT2D eigenvalue weighted by molar-refractivity contribution is 7.88. The monoisotopic (exact) mass is 295 g/mol. The Morgan fingerprint density at radius 1 is 1.30 bits per heavy atom. The fourth-order valence-corrected chi connectivity index (χ4v) is 4.83. The Kier molecular flexibility index (Phi) is 3.70. The molecule has 2 heterocycles. The van der Waals surface area contributed by atoms with Crippen LogP contribution in [0.2, 0.25) is 0 Å². The van der Waals surface area contributed by atoms with Gasteiger partial charge in [0, 0.05) is 24.3 Å². The van der Waals surface area contributed by atoms with Gasteiger partial charge >= 0.3 is 0 Å². The van der Waals surface area contributed by atoms with Gasteiger partial charge in [0.05, 0.1) is 5.75 Å². The SMILES string of the molecule is Nc1cccc(CS(=O)(=O)NC2CCN3CCCC23)c1. The molecule has 0 aliphatic carbocycles. The molecule has 6 heteroatoms. The molecule has 0 spiro atoms. The molecular formula is C14H21N3O2S. The lowest BCUT2D eigenvalue weighted by molar-refractivity contribution is 0.309. The second-order valence-corrected chi connectivity index (χ2v) is 7.52. The molecule has 2 saturated heterocycles. The second-order valence-electron chi connectivity index (χ2n) is 5.76. The fraction of sp³-hybridized carbons (Fsp3) is 0.571. The standard InChI is InChI=1S/C14H21N3O2S/c15-12-4-1-3-11(9-12)10-20(18,19)16-13-6-8-17-7-2-5-14(13)17/h1,3-4,9,13-14,16H,2,5-8,10,15H2. The molecule has 2 atom stereocenters. The molecule has 1 aromatic carbocycles. The number of hydrogen-bond acceptors (Lipinski definition) is 4. The number of nitrogen functional groups attached to an aromatic ring is 1. The molecular weight excluding hydrogens is 274 g/mol. The van der Waals surface area contributed by atoms with Crippen LogP contribution in [0.1, 0.15) is 24.8 Å². The van der Waals surface area contributed by atoms with E-state index in [4.69, 9.17) is 5.73 Å². The van der Waals surface area contributed by atoms with E-state index in [0.29, 0.717) is 11.7 Å². The van der Waals surface area contributed by atoms with Gasteiger partial charge in [0.15, 0.2) is 0 Å². The maximum atomic E-state index is 12.3. The van der Waals surface area contributed by atoms with Crippen LogP contribution < -0.4 is 10.5 Å². The van der Waals surface area contributed by atoms with Crippen molar-refractivity contribution in [3.63, 3.8) is 0 Å². The molecule has 5 nitrogen and oxygen atoms in total. The molecule has 110 valence electrons. The van der Waals surface area contributed by atoms with E-state index in [0.717, 1.165) is 31.5 Å². The van der Waals surface area contributed by atoms with Crippen molar-refractivity contribution in [2.45, 2.75) is 37.1 Å². The Balaban J connectivity index is 1.67. The first-order chi connectivity index (χ1) is 9.53. The van der Waals surface area contributed by atoms with Gasteiger partial charge in [-0.1, -0.05) is 12.1 Å². The van der Waals surface area contributed by atoms with Crippen LogP contribution in [-0.4, -0.2) is 38.5 Å². The van der Waals surface area contributed by atoms with Crippen molar-refractivity contribution in [1.29, 1.82) is 0 Å². The smallest absolute Gasteiger partial charge is 0.216 e. The number of benzene rings is 1. The topological polar surface area (TPSA) is 75.4 Å². The largest absolute Gasteiger partial charge is 0.399 e. The highest BCUT2D eigenvalue weighted by atomic mass is 32.2. The summed E-state index contributed by atoms with van der Waals surface area (Å²) < 4.78 is 27.5. The number of sulfonamides is 1. The third-order valence-electron chi connectivity index (χ3n) is 4.24. The third kappa shape index (κ3) is 2.97. The number of fused-ring (bicyclic) bond motifs is 1. The maximum absolute atomic E-state index is 12.3. The van der Waals surface area contributed by atoms with Gasteiger partial charge in [-0.05, 0) is 43.5 Å². The van der Waals surface area contributed by atoms with E-state index in [9.17, 15) is 8.42 Å². The van der Waals surface area contributed by atoms with Gasteiger partial charge in [-0.3, -0.25) is 4.90 Å². The molecule has 2 unspecified atom stereocenters. The molecule has 2 aliphatic heterocycles. The summed E-state index contributed by atoms with van der Waals surface area (Å²) in [6.45, 7) is 2.12. The minimum atomic E-state index is -3.31. The summed E-state index contributed by atoms with van der Waals surface area (Å²) in [6, 6.07) is 7.53. The van der Waals surface area contributed by atoms with E-state index in [2.05, 4.69) is 9.62 Å². The Bertz CT molecular complexity index is 588. The third-order valence-corrected chi connectivity index (χ3v) is 5.62. The van der Waals surface area contributed by atoms with Crippen LogP contribution >= 0.6 is 0 Å². The molecule has 20 heavy (non-hydrogen) atoms. The van der Waals surface area contributed by atoms with Gasteiger partial charge in [-0.2, -0.15) is 0 Å². The zero-order valence-electron chi connectivity index (χ0n) is 11.5. The van der Waals surface area contributed by atoms with E-state index < -0.39 is 10.0 Å². The van der Waals surface area contributed by atoms with E-state index in [1.165, 1.54) is 6.42 Å². The molecule has 0 bridgehead atoms. The Morgan fingerprint density at radius 3 is 2.95 bits per heavy atom. The van der Waals surface area contributed by atoms with Crippen molar-refractivity contribution < 1.29 is 8.42 Å². The van der Waals surface area contributed by atoms with Gasteiger partial charge in [-0.15, -0.1) is 0 Å². The average molecular weight is 295 g/mol. The zero-order chi connectivity index (χ0) is 14.2. The lowest BCUT2D eigenvalue weighted by Gasteiger charge is -2.21. The summed E-state index contributed by atoms with van der Waals surface area (Å²) in [6.07, 6.45) is 3.20. The molecule has 2 aliphatic rings. The van der Waals surface area contributed by atoms with Crippen molar-refractivity contribution in [2.75, 3.05) is 18.8 Å². The molecule has 2 fully saturated rings. The van der Waals surface area contributed by atoms with Gasteiger partial charge in [-0.25, -0.2) is 13.1 Å². The molecule has 0 amide bonds. The molecule has 1 aromatic rings. The lowest BCUT2D eigenvalue weighted by atomic mass is 10.1. The molecule has 3 N–H and O–H groups in total. The van der Waals surface area contributed by atoms with Crippen molar-refractivity contribution in [3.05, 3.63) is 29.8 Å². The first kappa shape index (κ1) is 13.9. The van der Waals surface area contributed by atoms with Crippen LogP contribution in [0.3, 0.4) is 0 Å². The van der Waals surface area contributed by atoms with E-state index in [1.54, 1.807) is 24.3 Å². The molecule has 0 saturated carbocycles. The molecule has 3 rings (SSSR count). The molecule has 0 aromatic heterocycles. The van der Waals surface area contributed by atoms with Gasteiger partial charge in [0.1, 0.15) is 0 Å². The summed E-state index contributed by atoms with van der Waals surface area (Å²) in [5.41, 5.74) is 7.02. The van der Waals surface area contributed by atoms with Gasteiger partial charge in [0.2, 0.25) is 10.0 Å². The van der Waals surface area contributed by atoms with E-state index in [-0.39, 0.29) is 11.8 Å².